The Morgan fingerprint density at radius 1 is 1.12 bits per heavy atom. The Balaban J connectivity index is 0.00000128. The molecule has 0 saturated heterocycles. The molecule has 16 heavy (non-hydrogen) atoms. The van der Waals surface area contributed by atoms with Crippen molar-refractivity contribution in [1.29, 1.82) is 0 Å². The van der Waals surface area contributed by atoms with Gasteiger partial charge in [-0.2, -0.15) is 0 Å². The lowest BCUT2D eigenvalue weighted by molar-refractivity contribution is -0.539. The summed E-state index contributed by atoms with van der Waals surface area (Å²) in [5.41, 5.74) is 0. The van der Waals surface area contributed by atoms with Gasteiger partial charge in [-0.3, -0.25) is 9.48 Å². The molecule has 2 aliphatic heterocycles. The van der Waals surface area contributed by atoms with Crippen molar-refractivity contribution in [3.8, 4) is 0 Å². The predicted octanol–water partition coefficient (Wildman–Crippen LogP) is -0.519. The molecular formula is C13H25BrN2. The van der Waals surface area contributed by atoms with Crippen LogP contribution < -0.4 is 17.0 Å². The van der Waals surface area contributed by atoms with Crippen LogP contribution in [0.2, 0.25) is 0 Å². The predicted molar refractivity (Wildman–Crippen MR) is 64.6 cm³/mol. The van der Waals surface area contributed by atoms with Gasteiger partial charge in [0, 0.05) is 12.8 Å². The first kappa shape index (κ1) is 14.0. The largest absolute Gasteiger partial charge is 1.00 e. The van der Waals surface area contributed by atoms with E-state index in [2.05, 4.69) is 16.4 Å². The molecule has 0 spiro atoms. The van der Waals surface area contributed by atoms with E-state index < -0.39 is 0 Å². The van der Waals surface area contributed by atoms with Gasteiger partial charge in [0.05, 0.1) is 26.2 Å². The minimum atomic E-state index is 0. The van der Waals surface area contributed by atoms with Crippen LogP contribution in [0.3, 0.4) is 0 Å². The zero-order chi connectivity index (χ0) is 10.5. The van der Waals surface area contributed by atoms with Gasteiger partial charge in [-0.25, -0.2) is 0 Å². The van der Waals surface area contributed by atoms with Crippen molar-refractivity contribution in [2.45, 2.75) is 51.9 Å². The smallest absolute Gasteiger partial charge is 0.246 e. The first-order valence-electron chi connectivity index (χ1n) is 6.77. The summed E-state index contributed by atoms with van der Waals surface area (Å²) >= 11 is 0. The van der Waals surface area contributed by atoms with Crippen molar-refractivity contribution in [2.75, 3.05) is 26.2 Å². The summed E-state index contributed by atoms with van der Waals surface area (Å²) in [5.74, 6) is 1.67. The van der Waals surface area contributed by atoms with Gasteiger partial charge in [0.15, 0.2) is 0 Å². The molecule has 0 aliphatic carbocycles. The molecule has 0 fully saturated rings. The van der Waals surface area contributed by atoms with E-state index in [0.29, 0.717) is 0 Å². The molecule has 2 rings (SSSR count). The third-order valence-corrected chi connectivity index (χ3v) is 3.70. The molecule has 0 radical (unpaired) electrons. The van der Waals surface area contributed by atoms with E-state index in [-0.39, 0.29) is 17.0 Å². The van der Waals surface area contributed by atoms with Crippen LogP contribution in [0.1, 0.15) is 51.9 Å². The number of amidine groups is 1. The molecule has 3 heteroatoms. The Labute approximate surface area is 110 Å². The Kier molecular flexibility index (Phi) is 6.40. The lowest BCUT2D eigenvalue weighted by Gasteiger charge is -2.26. The van der Waals surface area contributed by atoms with E-state index in [4.69, 9.17) is 0 Å². The topological polar surface area (TPSA) is 6.25 Å². The standard InChI is InChI=1S/C13H25N2.BrH/c1-2-3-9-14-11-7-12-15-10-6-4-5-8-13(14)15;/h2-12H2,1H3;1H/q+1;/p-1. The molecule has 0 aromatic rings. The van der Waals surface area contributed by atoms with Crippen molar-refractivity contribution >= 4 is 5.84 Å². The SMILES string of the molecule is CCCCN1CCC[N+]2=C1CCCCC2.[Br-]. The molecule has 0 amide bonds. The van der Waals surface area contributed by atoms with Crippen LogP contribution in [-0.2, 0) is 0 Å². The highest BCUT2D eigenvalue weighted by Crippen LogP contribution is 2.15. The van der Waals surface area contributed by atoms with Gasteiger partial charge in [0.1, 0.15) is 0 Å². The van der Waals surface area contributed by atoms with Crippen molar-refractivity contribution in [3.63, 3.8) is 0 Å². The maximum Gasteiger partial charge on any atom is 0.246 e. The van der Waals surface area contributed by atoms with Gasteiger partial charge >= 0.3 is 0 Å². The summed E-state index contributed by atoms with van der Waals surface area (Å²) in [5, 5.41) is 0. The zero-order valence-corrected chi connectivity index (χ0v) is 12.1. The minimum absolute atomic E-state index is 0. The van der Waals surface area contributed by atoms with Crippen molar-refractivity contribution < 1.29 is 21.6 Å². The molecular weight excluding hydrogens is 264 g/mol. The first-order valence-corrected chi connectivity index (χ1v) is 6.77. The molecule has 0 unspecified atom stereocenters. The summed E-state index contributed by atoms with van der Waals surface area (Å²) in [6.07, 6.45) is 9.64. The Bertz CT molecular complexity index is 238. The number of unbranched alkanes of at least 4 members (excludes halogenated alkanes) is 1. The highest BCUT2D eigenvalue weighted by Gasteiger charge is 2.27. The minimum Gasteiger partial charge on any atom is -1.00 e. The van der Waals surface area contributed by atoms with Crippen LogP contribution in [-0.4, -0.2) is 41.5 Å². The Morgan fingerprint density at radius 3 is 2.75 bits per heavy atom. The summed E-state index contributed by atoms with van der Waals surface area (Å²) in [6, 6.07) is 0. The summed E-state index contributed by atoms with van der Waals surface area (Å²) in [4.78, 5) is 2.66. The van der Waals surface area contributed by atoms with Gasteiger partial charge in [-0.05, 0) is 25.7 Å². The zero-order valence-electron chi connectivity index (χ0n) is 10.6. The van der Waals surface area contributed by atoms with Gasteiger partial charge in [0.2, 0.25) is 5.84 Å². The van der Waals surface area contributed by atoms with Crippen LogP contribution in [0.25, 0.3) is 0 Å². The van der Waals surface area contributed by atoms with E-state index in [1.54, 1.807) is 5.84 Å². The lowest BCUT2D eigenvalue weighted by Crippen LogP contribution is -3.00. The van der Waals surface area contributed by atoms with Gasteiger partial charge in [0.25, 0.3) is 0 Å². The second kappa shape index (κ2) is 7.31. The average Bonchev–Trinajstić information content (AvgIpc) is 2.51. The normalized spacial score (nSPS) is 21.2. The molecule has 2 nitrogen and oxygen atoms in total. The Morgan fingerprint density at radius 2 is 1.94 bits per heavy atom. The highest BCUT2D eigenvalue weighted by molar-refractivity contribution is 5.77. The van der Waals surface area contributed by atoms with Crippen LogP contribution >= 0.6 is 0 Å². The molecule has 0 saturated carbocycles. The lowest BCUT2D eigenvalue weighted by atomic mass is 10.2. The first-order chi connectivity index (χ1) is 7.42. The quantitative estimate of drug-likeness (QED) is 0.634. The van der Waals surface area contributed by atoms with Gasteiger partial charge < -0.3 is 17.0 Å². The van der Waals surface area contributed by atoms with Crippen molar-refractivity contribution in [2.24, 2.45) is 0 Å². The second-order valence-corrected chi connectivity index (χ2v) is 4.91. The summed E-state index contributed by atoms with van der Waals surface area (Å²) < 4.78 is 2.66. The third kappa shape index (κ3) is 3.47. The fraction of sp³-hybridized carbons (Fsp3) is 0.923. The maximum atomic E-state index is 2.66. The summed E-state index contributed by atoms with van der Waals surface area (Å²) in [6.45, 7) is 7.53. The van der Waals surface area contributed by atoms with E-state index in [1.165, 1.54) is 71.1 Å². The second-order valence-electron chi connectivity index (χ2n) is 4.91. The number of halogens is 1. The summed E-state index contributed by atoms with van der Waals surface area (Å²) in [7, 11) is 0. The fourth-order valence-electron chi connectivity index (χ4n) is 2.82. The van der Waals surface area contributed by atoms with Crippen molar-refractivity contribution in [1.82, 2.24) is 4.90 Å². The molecule has 0 atom stereocenters. The highest BCUT2D eigenvalue weighted by atomic mass is 79.9. The average molecular weight is 289 g/mol. The molecule has 0 bridgehead atoms. The number of rotatable bonds is 3. The van der Waals surface area contributed by atoms with Gasteiger partial charge in [-0.15, -0.1) is 0 Å². The third-order valence-electron chi connectivity index (χ3n) is 3.70. The molecule has 0 aromatic carbocycles. The fourth-order valence-corrected chi connectivity index (χ4v) is 2.82. The number of nitrogens with zero attached hydrogens (tertiary/aromatic N) is 2. The van der Waals surface area contributed by atoms with E-state index in [9.17, 15) is 0 Å². The van der Waals surface area contributed by atoms with Crippen molar-refractivity contribution in [3.05, 3.63) is 0 Å². The number of hydrogen-bond donors (Lipinski definition) is 0. The van der Waals surface area contributed by atoms with Crippen LogP contribution in [0.15, 0.2) is 0 Å². The monoisotopic (exact) mass is 288 g/mol. The van der Waals surface area contributed by atoms with Gasteiger partial charge in [-0.1, -0.05) is 13.3 Å². The molecule has 94 valence electrons. The molecule has 2 aliphatic rings. The molecule has 0 aromatic heterocycles. The molecule has 2 heterocycles. The van der Waals surface area contributed by atoms with Crippen LogP contribution in [0.4, 0.5) is 0 Å². The van der Waals surface area contributed by atoms with E-state index >= 15 is 0 Å². The maximum absolute atomic E-state index is 2.66. The molecule has 0 N–H and O–H groups in total. The number of hydrogen-bond acceptors (Lipinski definition) is 1. The van der Waals surface area contributed by atoms with E-state index in [1.807, 2.05) is 0 Å². The van der Waals surface area contributed by atoms with Crippen LogP contribution in [0.5, 0.6) is 0 Å². The van der Waals surface area contributed by atoms with Crippen LogP contribution in [0, 0.1) is 0 Å². The Hall–Kier alpha value is -0.0500. The van der Waals surface area contributed by atoms with E-state index in [0.717, 1.165) is 0 Å².